The van der Waals surface area contributed by atoms with Crippen LogP contribution in [0.4, 0.5) is 0 Å². The lowest BCUT2D eigenvalue weighted by molar-refractivity contribution is 0.0486. The lowest BCUT2D eigenvalue weighted by Crippen LogP contribution is -2.39. The van der Waals surface area contributed by atoms with Crippen LogP contribution in [-0.4, -0.2) is 62.7 Å². The van der Waals surface area contributed by atoms with Gasteiger partial charge in [-0.15, -0.1) is 0 Å². The van der Waals surface area contributed by atoms with Crippen LogP contribution in [0.25, 0.3) is 0 Å². The number of rotatable bonds is 7. The third-order valence-electron chi connectivity index (χ3n) is 2.68. The third-order valence-corrected chi connectivity index (χ3v) is 2.68. The molecule has 0 aliphatic carbocycles. The Morgan fingerprint density at radius 3 is 2.93 bits per heavy atom. The van der Waals surface area contributed by atoms with Crippen LogP contribution in [-0.2, 0) is 9.47 Å². The fourth-order valence-corrected chi connectivity index (χ4v) is 1.87. The standard InChI is InChI=1S/C11H23NO3/c1-14-8-9-15-7-3-6-12-5-2-4-11(13)10-12/h11,13H,2-10H2,1H3/t11-/m0/s1. The zero-order valence-corrected chi connectivity index (χ0v) is 9.65. The van der Waals surface area contributed by atoms with Crippen molar-refractivity contribution in [3.63, 3.8) is 0 Å². The third kappa shape index (κ3) is 6.10. The van der Waals surface area contributed by atoms with Crippen molar-refractivity contribution in [1.82, 2.24) is 4.90 Å². The van der Waals surface area contributed by atoms with Gasteiger partial charge in [0, 0.05) is 26.8 Å². The number of ether oxygens (including phenoxy) is 2. The van der Waals surface area contributed by atoms with E-state index in [1.165, 1.54) is 0 Å². The first kappa shape index (κ1) is 12.9. The van der Waals surface area contributed by atoms with E-state index >= 15 is 0 Å². The first-order valence-electron chi connectivity index (χ1n) is 5.80. The van der Waals surface area contributed by atoms with Crippen LogP contribution in [0.2, 0.25) is 0 Å². The van der Waals surface area contributed by atoms with Crippen molar-refractivity contribution in [2.24, 2.45) is 0 Å². The fraction of sp³-hybridized carbons (Fsp3) is 1.00. The quantitative estimate of drug-likeness (QED) is 0.630. The molecule has 0 spiro atoms. The number of aliphatic hydroxyl groups is 1. The molecule has 0 saturated carbocycles. The minimum Gasteiger partial charge on any atom is -0.392 e. The second-order valence-corrected chi connectivity index (χ2v) is 4.06. The minimum atomic E-state index is -0.117. The predicted molar refractivity (Wildman–Crippen MR) is 59.0 cm³/mol. The highest BCUT2D eigenvalue weighted by molar-refractivity contribution is 4.71. The Balaban J connectivity index is 1.90. The zero-order chi connectivity index (χ0) is 10.9. The Labute approximate surface area is 92.2 Å². The van der Waals surface area contributed by atoms with Gasteiger partial charge in [-0.1, -0.05) is 0 Å². The van der Waals surface area contributed by atoms with Gasteiger partial charge in [-0.25, -0.2) is 0 Å². The maximum absolute atomic E-state index is 9.46. The van der Waals surface area contributed by atoms with Crippen molar-refractivity contribution >= 4 is 0 Å². The minimum absolute atomic E-state index is 0.117. The van der Waals surface area contributed by atoms with E-state index in [2.05, 4.69) is 4.90 Å². The van der Waals surface area contributed by atoms with Crippen molar-refractivity contribution in [2.45, 2.75) is 25.4 Å². The average Bonchev–Trinajstić information content (AvgIpc) is 2.23. The number of hydrogen-bond acceptors (Lipinski definition) is 4. The maximum Gasteiger partial charge on any atom is 0.0700 e. The lowest BCUT2D eigenvalue weighted by atomic mass is 10.1. The summed E-state index contributed by atoms with van der Waals surface area (Å²) in [7, 11) is 1.68. The Morgan fingerprint density at radius 1 is 1.33 bits per heavy atom. The van der Waals surface area contributed by atoms with Gasteiger partial charge in [-0.3, -0.25) is 0 Å². The molecule has 1 heterocycles. The van der Waals surface area contributed by atoms with E-state index in [0.717, 1.165) is 45.5 Å². The molecule has 1 fully saturated rings. The highest BCUT2D eigenvalue weighted by Gasteiger charge is 2.16. The molecule has 0 radical (unpaired) electrons. The second-order valence-electron chi connectivity index (χ2n) is 4.06. The van der Waals surface area contributed by atoms with Crippen LogP contribution in [0.5, 0.6) is 0 Å². The summed E-state index contributed by atoms with van der Waals surface area (Å²) in [6, 6.07) is 0. The zero-order valence-electron chi connectivity index (χ0n) is 9.65. The molecule has 0 aromatic heterocycles. The Hall–Kier alpha value is -0.160. The summed E-state index contributed by atoms with van der Waals surface area (Å²) >= 11 is 0. The number of methoxy groups -OCH3 is 1. The van der Waals surface area contributed by atoms with Crippen LogP contribution in [0.3, 0.4) is 0 Å². The van der Waals surface area contributed by atoms with Crippen LogP contribution >= 0.6 is 0 Å². The molecule has 15 heavy (non-hydrogen) atoms. The number of nitrogens with zero attached hydrogens (tertiary/aromatic N) is 1. The number of aliphatic hydroxyl groups excluding tert-OH is 1. The van der Waals surface area contributed by atoms with Gasteiger partial charge in [-0.2, -0.15) is 0 Å². The van der Waals surface area contributed by atoms with Crippen molar-refractivity contribution in [3.8, 4) is 0 Å². The smallest absolute Gasteiger partial charge is 0.0700 e. The van der Waals surface area contributed by atoms with E-state index in [0.29, 0.717) is 13.2 Å². The maximum atomic E-state index is 9.46. The molecule has 1 atom stereocenters. The lowest BCUT2D eigenvalue weighted by Gasteiger charge is -2.29. The largest absolute Gasteiger partial charge is 0.392 e. The Bertz CT molecular complexity index is 155. The van der Waals surface area contributed by atoms with Crippen molar-refractivity contribution in [1.29, 1.82) is 0 Å². The van der Waals surface area contributed by atoms with Gasteiger partial charge in [-0.05, 0) is 25.8 Å². The monoisotopic (exact) mass is 217 g/mol. The van der Waals surface area contributed by atoms with E-state index in [-0.39, 0.29) is 6.10 Å². The summed E-state index contributed by atoms with van der Waals surface area (Å²) in [5, 5.41) is 9.46. The van der Waals surface area contributed by atoms with Gasteiger partial charge in [0.2, 0.25) is 0 Å². The molecule has 0 unspecified atom stereocenters. The molecule has 1 rings (SSSR count). The van der Waals surface area contributed by atoms with Gasteiger partial charge in [0.1, 0.15) is 0 Å². The molecule has 1 N–H and O–H groups in total. The van der Waals surface area contributed by atoms with Gasteiger partial charge < -0.3 is 19.5 Å². The Morgan fingerprint density at radius 2 is 2.20 bits per heavy atom. The summed E-state index contributed by atoms with van der Waals surface area (Å²) in [5.74, 6) is 0. The SMILES string of the molecule is COCCOCCCN1CCC[C@H](O)C1. The molecule has 0 aromatic carbocycles. The van der Waals surface area contributed by atoms with E-state index in [4.69, 9.17) is 9.47 Å². The molecular formula is C11H23NO3. The van der Waals surface area contributed by atoms with Gasteiger partial charge in [0.05, 0.1) is 19.3 Å². The first-order valence-corrected chi connectivity index (χ1v) is 5.80. The topological polar surface area (TPSA) is 41.9 Å². The summed E-state index contributed by atoms with van der Waals surface area (Å²) in [6.07, 6.45) is 3.00. The summed E-state index contributed by atoms with van der Waals surface area (Å²) in [4.78, 5) is 2.31. The average molecular weight is 217 g/mol. The van der Waals surface area contributed by atoms with E-state index in [1.807, 2.05) is 0 Å². The van der Waals surface area contributed by atoms with Crippen molar-refractivity contribution in [3.05, 3.63) is 0 Å². The molecular weight excluding hydrogens is 194 g/mol. The van der Waals surface area contributed by atoms with Crippen LogP contribution in [0.1, 0.15) is 19.3 Å². The van der Waals surface area contributed by atoms with Crippen molar-refractivity contribution in [2.75, 3.05) is 46.6 Å². The summed E-state index contributed by atoms with van der Waals surface area (Å²) < 4.78 is 10.3. The molecule has 1 aliphatic heterocycles. The number of likely N-dealkylation sites (tertiary alicyclic amines) is 1. The van der Waals surface area contributed by atoms with Gasteiger partial charge in [0.15, 0.2) is 0 Å². The summed E-state index contributed by atoms with van der Waals surface area (Å²) in [6.45, 7) is 5.12. The first-order chi connectivity index (χ1) is 7.33. The molecule has 0 bridgehead atoms. The Kier molecular flexibility index (Phi) is 6.92. The second kappa shape index (κ2) is 8.05. The highest BCUT2D eigenvalue weighted by Crippen LogP contribution is 2.09. The van der Waals surface area contributed by atoms with Crippen LogP contribution < -0.4 is 0 Å². The highest BCUT2D eigenvalue weighted by atomic mass is 16.5. The molecule has 4 heteroatoms. The molecule has 1 aliphatic rings. The van der Waals surface area contributed by atoms with Crippen LogP contribution in [0, 0.1) is 0 Å². The van der Waals surface area contributed by atoms with Gasteiger partial charge in [0.25, 0.3) is 0 Å². The molecule has 0 aromatic rings. The number of hydrogen-bond donors (Lipinski definition) is 1. The molecule has 1 saturated heterocycles. The van der Waals surface area contributed by atoms with Gasteiger partial charge >= 0.3 is 0 Å². The van der Waals surface area contributed by atoms with E-state index in [9.17, 15) is 5.11 Å². The predicted octanol–water partition coefficient (Wildman–Crippen LogP) is 0.496. The molecule has 90 valence electrons. The number of piperidine rings is 1. The van der Waals surface area contributed by atoms with E-state index in [1.54, 1.807) is 7.11 Å². The normalized spacial score (nSPS) is 23.2. The van der Waals surface area contributed by atoms with E-state index < -0.39 is 0 Å². The summed E-state index contributed by atoms with van der Waals surface area (Å²) in [5.41, 5.74) is 0. The molecule has 4 nitrogen and oxygen atoms in total. The fourth-order valence-electron chi connectivity index (χ4n) is 1.87. The van der Waals surface area contributed by atoms with Crippen LogP contribution in [0.15, 0.2) is 0 Å². The number of β-amino-alcohol motifs (C(OH)–C–C–N with tert-alkyl or cyclic N) is 1. The van der Waals surface area contributed by atoms with Crippen molar-refractivity contribution < 1.29 is 14.6 Å². The molecule has 0 amide bonds.